The molecule has 8 heteroatoms. The van der Waals surface area contributed by atoms with Crippen LogP contribution in [0.3, 0.4) is 0 Å². The number of carbonyl (C=O) groups is 2. The zero-order valence-corrected chi connectivity index (χ0v) is 12.1. The lowest BCUT2D eigenvalue weighted by atomic mass is 10.2. The number of hydrogen-bond acceptors (Lipinski definition) is 4. The van der Waals surface area contributed by atoms with Crippen LogP contribution >= 0.6 is 0 Å². The average Bonchev–Trinajstić information content (AvgIpc) is 2.72. The Bertz CT molecular complexity index is 522. The normalized spacial score (nSPS) is 20.1. The number of hydrogen-bond donors (Lipinski definition) is 1. The van der Waals surface area contributed by atoms with Gasteiger partial charge in [0.1, 0.15) is 6.54 Å². The molecule has 0 radical (unpaired) electrons. The van der Waals surface area contributed by atoms with Gasteiger partial charge in [-0.1, -0.05) is 5.92 Å². The standard InChI is InChI=1S/C12H18N2O5S/c1-3-6-13(4-2)12(17)14(8-11(15)16)10-5-7-20(18,19)9-10/h1,10H,4-9H2,2H3,(H,15,16). The van der Waals surface area contributed by atoms with E-state index >= 15 is 0 Å². The summed E-state index contributed by atoms with van der Waals surface area (Å²) in [5, 5.41) is 8.91. The number of sulfone groups is 1. The summed E-state index contributed by atoms with van der Waals surface area (Å²) in [4.78, 5) is 25.6. The molecule has 2 amide bonds. The fourth-order valence-corrected chi connectivity index (χ4v) is 3.86. The molecule has 20 heavy (non-hydrogen) atoms. The van der Waals surface area contributed by atoms with Crippen LogP contribution in [0.2, 0.25) is 0 Å². The minimum atomic E-state index is -3.20. The maximum absolute atomic E-state index is 12.3. The largest absolute Gasteiger partial charge is 0.480 e. The molecule has 0 bridgehead atoms. The molecule has 1 saturated heterocycles. The minimum absolute atomic E-state index is 0.0255. The molecule has 0 aromatic rings. The summed E-state index contributed by atoms with van der Waals surface area (Å²) in [5.74, 6) is 0.926. The van der Waals surface area contributed by atoms with Crippen LogP contribution in [-0.2, 0) is 14.6 Å². The molecule has 1 N–H and O–H groups in total. The number of rotatable bonds is 5. The Morgan fingerprint density at radius 1 is 1.45 bits per heavy atom. The minimum Gasteiger partial charge on any atom is -0.480 e. The topological polar surface area (TPSA) is 95.0 Å². The van der Waals surface area contributed by atoms with E-state index in [9.17, 15) is 18.0 Å². The molecular formula is C12H18N2O5S. The first-order chi connectivity index (χ1) is 9.30. The van der Waals surface area contributed by atoms with Crippen LogP contribution in [0.1, 0.15) is 13.3 Å². The first kappa shape index (κ1) is 16.3. The molecule has 0 aromatic heterocycles. The highest BCUT2D eigenvalue weighted by atomic mass is 32.2. The van der Waals surface area contributed by atoms with Gasteiger partial charge in [0, 0.05) is 12.6 Å². The number of carbonyl (C=O) groups excluding carboxylic acids is 1. The van der Waals surface area contributed by atoms with Crippen molar-refractivity contribution in [2.24, 2.45) is 0 Å². The Hall–Kier alpha value is -1.75. The van der Waals surface area contributed by atoms with Crippen molar-refractivity contribution in [1.82, 2.24) is 9.80 Å². The van der Waals surface area contributed by atoms with Gasteiger partial charge in [-0.05, 0) is 13.3 Å². The van der Waals surface area contributed by atoms with Crippen LogP contribution in [-0.4, -0.2) is 72.5 Å². The van der Waals surface area contributed by atoms with Gasteiger partial charge in [0.2, 0.25) is 0 Å². The van der Waals surface area contributed by atoms with E-state index in [1.807, 2.05) is 0 Å². The monoisotopic (exact) mass is 302 g/mol. The highest BCUT2D eigenvalue weighted by molar-refractivity contribution is 7.91. The number of amides is 2. The molecule has 1 aliphatic heterocycles. The Balaban J connectivity index is 2.92. The number of terminal acetylenes is 1. The molecule has 1 aliphatic rings. The Morgan fingerprint density at radius 2 is 2.10 bits per heavy atom. The lowest BCUT2D eigenvalue weighted by Gasteiger charge is -2.31. The van der Waals surface area contributed by atoms with Gasteiger partial charge in [-0.3, -0.25) is 4.79 Å². The fourth-order valence-electron chi connectivity index (χ4n) is 2.13. The van der Waals surface area contributed by atoms with E-state index < -0.39 is 34.4 Å². The van der Waals surface area contributed by atoms with E-state index in [0.29, 0.717) is 6.54 Å². The Labute approximate surface area is 118 Å². The van der Waals surface area contributed by atoms with Gasteiger partial charge in [0.05, 0.1) is 18.1 Å². The number of aliphatic carboxylic acids is 1. The van der Waals surface area contributed by atoms with Crippen molar-refractivity contribution in [2.75, 3.05) is 31.1 Å². The van der Waals surface area contributed by atoms with Gasteiger partial charge in [-0.25, -0.2) is 13.2 Å². The van der Waals surface area contributed by atoms with Gasteiger partial charge in [-0.2, -0.15) is 0 Å². The lowest BCUT2D eigenvalue weighted by molar-refractivity contribution is -0.138. The third kappa shape index (κ3) is 4.13. The van der Waals surface area contributed by atoms with Crippen molar-refractivity contribution in [3.05, 3.63) is 0 Å². The highest BCUT2D eigenvalue weighted by Gasteiger charge is 2.36. The van der Waals surface area contributed by atoms with Crippen LogP contribution < -0.4 is 0 Å². The molecule has 0 saturated carbocycles. The second-order valence-electron chi connectivity index (χ2n) is 4.58. The van der Waals surface area contributed by atoms with Crippen molar-refractivity contribution in [3.8, 4) is 12.3 Å². The van der Waals surface area contributed by atoms with Crippen LogP contribution in [0.25, 0.3) is 0 Å². The number of carboxylic acids is 1. The molecule has 0 aliphatic carbocycles. The number of urea groups is 1. The summed E-state index contributed by atoms with van der Waals surface area (Å²) in [7, 11) is -3.20. The molecule has 7 nitrogen and oxygen atoms in total. The Kier molecular flexibility index (Phi) is 5.39. The van der Waals surface area contributed by atoms with Crippen LogP contribution in [0.15, 0.2) is 0 Å². The number of carboxylic acid groups (broad SMARTS) is 1. The van der Waals surface area contributed by atoms with Crippen molar-refractivity contribution in [3.63, 3.8) is 0 Å². The Morgan fingerprint density at radius 3 is 2.50 bits per heavy atom. The molecule has 0 aromatic carbocycles. The van der Waals surface area contributed by atoms with Gasteiger partial charge in [0.15, 0.2) is 9.84 Å². The van der Waals surface area contributed by atoms with E-state index in [2.05, 4.69) is 5.92 Å². The molecule has 112 valence electrons. The SMILES string of the molecule is C#CCN(CC)C(=O)N(CC(=O)O)C1CCS(=O)(=O)C1. The van der Waals surface area contributed by atoms with E-state index in [4.69, 9.17) is 11.5 Å². The second kappa shape index (κ2) is 6.61. The summed E-state index contributed by atoms with van der Waals surface area (Å²) < 4.78 is 23.0. The summed E-state index contributed by atoms with van der Waals surface area (Å²) in [6, 6.07) is -1.13. The summed E-state index contributed by atoms with van der Waals surface area (Å²) in [5.41, 5.74) is 0. The number of nitrogens with zero attached hydrogens (tertiary/aromatic N) is 2. The zero-order valence-electron chi connectivity index (χ0n) is 11.3. The van der Waals surface area contributed by atoms with Crippen LogP contribution in [0.5, 0.6) is 0 Å². The lowest BCUT2D eigenvalue weighted by Crippen LogP contribution is -2.50. The zero-order chi connectivity index (χ0) is 15.3. The smallest absolute Gasteiger partial charge is 0.323 e. The van der Waals surface area contributed by atoms with E-state index in [1.165, 1.54) is 4.90 Å². The van der Waals surface area contributed by atoms with Crippen molar-refractivity contribution in [2.45, 2.75) is 19.4 Å². The summed E-state index contributed by atoms with van der Waals surface area (Å²) in [6.45, 7) is 1.59. The molecule has 1 rings (SSSR count). The molecule has 1 unspecified atom stereocenters. The highest BCUT2D eigenvalue weighted by Crippen LogP contribution is 2.19. The molecular weight excluding hydrogens is 284 g/mol. The van der Waals surface area contributed by atoms with Gasteiger partial charge in [-0.15, -0.1) is 6.42 Å². The van der Waals surface area contributed by atoms with Gasteiger partial charge >= 0.3 is 12.0 Å². The predicted octanol–water partition coefficient (Wildman–Crippen LogP) is -0.365. The van der Waals surface area contributed by atoms with Crippen LogP contribution in [0, 0.1) is 12.3 Å². The van der Waals surface area contributed by atoms with E-state index in [1.54, 1.807) is 6.92 Å². The third-order valence-electron chi connectivity index (χ3n) is 3.13. The quantitative estimate of drug-likeness (QED) is 0.700. The third-order valence-corrected chi connectivity index (χ3v) is 4.89. The summed E-state index contributed by atoms with van der Waals surface area (Å²) in [6.07, 6.45) is 5.43. The van der Waals surface area contributed by atoms with Crippen molar-refractivity contribution >= 4 is 21.8 Å². The van der Waals surface area contributed by atoms with Gasteiger partial charge < -0.3 is 14.9 Å². The maximum Gasteiger partial charge on any atom is 0.323 e. The first-order valence-corrected chi connectivity index (χ1v) is 8.04. The van der Waals surface area contributed by atoms with E-state index in [-0.39, 0.29) is 24.5 Å². The average molecular weight is 302 g/mol. The fraction of sp³-hybridized carbons (Fsp3) is 0.667. The van der Waals surface area contributed by atoms with Crippen molar-refractivity contribution in [1.29, 1.82) is 0 Å². The van der Waals surface area contributed by atoms with Gasteiger partial charge in [0.25, 0.3) is 0 Å². The summed E-state index contributed by atoms with van der Waals surface area (Å²) >= 11 is 0. The molecule has 1 heterocycles. The molecule has 1 fully saturated rings. The maximum atomic E-state index is 12.3. The van der Waals surface area contributed by atoms with Crippen LogP contribution in [0.4, 0.5) is 4.79 Å². The van der Waals surface area contributed by atoms with E-state index in [0.717, 1.165) is 4.90 Å². The molecule has 1 atom stereocenters. The predicted molar refractivity (Wildman–Crippen MR) is 72.9 cm³/mol. The first-order valence-electron chi connectivity index (χ1n) is 6.22. The second-order valence-corrected chi connectivity index (χ2v) is 6.81. The molecule has 0 spiro atoms. The van der Waals surface area contributed by atoms with Crippen molar-refractivity contribution < 1.29 is 23.1 Å².